The third-order valence-corrected chi connectivity index (χ3v) is 4.78. The van der Waals surface area contributed by atoms with Crippen LogP contribution in [0.25, 0.3) is 0 Å². The van der Waals surface area contributed by atoms with Crippen molar-refractivity contribution in [2.75, 3.05) is 46.3 Å². The lowest BCUT2D eigenvalue weighted by Crippen LogP contribution is -2.44. The maximum Gasteiger partial charge on any atom is 0.193 e. The van der Waals surface area contributed by atoms with Crippen LogP contribution >= 0.6 is 0 Å². The summed E-state index contributed by atoms with van der Waals surface area (Å²) in [5.41, 5.74) is 0.431. The monoisotopic (exact) mass is 280 g/mol. The molecule has 4 heteroatoms. The molecule has 1 N–H and O–H groups in total. The van der Waals surface area contributed by atoms with Crippen molar-refractivity contribution in [3.05, 3.63) is 0 Å². The zero-order valence-corrected chi connectivity index (χ0v) is 13.8. The molecule has 0 saturated carbocycles. The average molecular weight is 280 g/mol. The Hall–Kier alpha value is -0.770. The molecule has 2 rings (SSSR count). The standard InChI is InChI=1S/C16H32N4/c1-14-5-9-19(10-6-14)12-8-18-15(17-4)20-11-7-16(2,3)13-20/h14H,5-13H2,1-4H3,(H,17,18). The summed E-state index contributed by atoms with van der Waals surface area (Å²) in [7, 11) is 1.90. The van der Waals surface area contributed by atoms with E-state index in [9.17, 15) is 0 Å². The van der Waals surface area contributed by atoms with Crippen molar-refractivity contribution in [1.82, 2.24) is 15.1 Å². The molecule has 0 amide bonds. The van der Waals surface area contributed by atoms with Gasteiger partial charge in [0.25, 0.3) is 0 Å². The quantitative estimate of drug-likeness (QED) is 0.634. The lowest BCUT2D eigenvalue weighted by atomic mass is 9.93. The SMILES string of the molecule is CN=C(NCCN1CCC(C)CC1)N1CCC(C)(C)C1. The van der Waals surface area contributed by atoms with Crippen LogP contribution in [0.1, 0.15) is 40.0 Å². The zero-order valence-electron chi connectivity index (χ0n) is 13.8. The van der Waals surface area contributed by atoms with Crippen molar-refractivity contribution in [2.24, 2.45) is 16.3 Å². The van der Waals surface area contributed by atoms with E-state index in [0.29, 0.717) is 5.41 Å². The van der Waals surface area contributed by atoms with Crippen molar-refractivity contribution in [3.8, 4) is 0 Å². The molecule has 0 spiro atoms. The molecule has 0 unspecified atom stereocenters. The molecule has 2 fully saturated rings. The van der Waals surface area contributed by atoms with Gasteiger partial charge in [-0.1, -0.05) is 20.8 Å². The van der Waals surface area contributed by atoms with Gasteiger partial charge in [0.1, 0.15) is 0 Å². The molecule has 0 aromatic carbocycles. The Morgan fingerprint density at radius 1 is 1.25 bits per heavy atom. The van der Waals surface area contributed by atoms with E-state index >= 15 is 0 Å². The van der Waals surface area contributed by atoms with E-state index in [1.807, 2.05) is 7.05 Å². The first-order valence-corrected chi connectivity index (χ1v) is 8.18. The maximum atomic E-state index is 4.44. The summed E-state index contributed by atoms with van der Waals surface area (Å²) in [4.78, 5) is 9.42. The van der Waals surface area contributed by atoms with Crippen LogP contribution in [0.15, 0.2) is 4.99 Å². The highest BCUT2D eigenvalue weighted by Gasteiger charge is 2.30. The molecule has 0 radical (unpaired) electrons. The Morgan fingerprint density at radius 2 is 1.95 bits per heavy atom. The molecular formula is C16H32N4. The van der Waals surface area contributed by atoms with E-state index in [-0.39, 0.29) is 0 Å². The van der Waals surface area contributed by atoms with E-state index < -0.39 is 0 Å². The van der Waals surface area contributed by atoms with E-state index in [4.69, 9.17) is 0 Å². The average Bonchev–Trinajstić information content (AvgIpc) is 2.77. The molecule has 0 bridgehead atoms. The van der Waals surface area contributed by atoms with Gasteiger partial charge in [-0.15, -0.1) is 0 Å². The fourth-order valence-electron chi connectivity index (χ4n) is 3.24. The first kappa shape index (κ1) is 15.6. The molecule has 2 aliphatic rings. The van der Waals surface area contributed by atoms with Gasteiger partial charge < -0.3 is 15.1 Å². The number of nitrogens with zero attached hydrogens (tertiary/aromatic N) is 3. The van der Waals surface area contributed by atoms with Crippen LogP contribution in [0.2, 0.25) is 0 Å². The van der Waals surface area contributed by atoms with Crippen molar-refractivity contribution >= 4 is 5.96 Å². The summed E-state index contributed by atoms with van der Waals surface area (Å²) in [6, 6.07) is 0. The number of likely N-dealkylation sites (tertiary alicyclic amines) is 2. The highest BCUT2D eigenvalue weighted by molar-refractivity contribution is 5.80. The predicted octanol–water partition coefficient (Wildman–Crippen LogP) is 2.03. The molecule has 2 heterocycles. The topological polar surface area (TPSA) is 30.9 Å². The highest BCUT2D eigenvalue weighted by atomic mass is 15.3. The second-order valence-electron chi connectivity index (χ2n) is 7.33. The van der Waals surface area contributed by atoms with Gasteiger partial charge in [0, 0.05) is 33.2 Å². The number of hydrogen-bond acceptors (Lipinski definition) is 2. The van der Waals surface area contributed by atoms with Gasteiger partial charge >= 0.3 is 0 Å². The van der Waals surface area contributed by atoms with E-state index in [0.717, 1.165) is 38.1 Å². The minimum atomic E-state index is 0.431. The van der Waals surface area contributed by atoms with Crippen LogP contribution in [0.4, 0.5) is 0 Å². The minimum absolute atomic E-state index is 0.431. The van der Waals surface area contributed by atoms with Crippen LogP contribution in [0, 0.1) is 11.3 Å². The van der Waals surface area contributed by atoms with Gasteiger partial charge in [-0.05, 0) is 43.7 Å². The maximum absolute atomic E-state index is 4.44. The van der Waals surface area contributed by atoms with Crippen molar-refractivity contribution in [2.45, 2.75) is 40.0 Å². The zero-order chi connectivity index (χ0) is 14.6. The molecule has 0 aliphatic carbocycles. The Labute approximate surface area is 124 Å². The van der Waals surface area contributed by atoms with Crippen molar-refractivity contribution in [3.63, 3.8) is 0 Å². The van der Waals surface area contributed by atoms with Gasteiger partial charge in [-0.2, -0.15) is 0 Å². The fourth-order valence-corrected chi connectivity index (χ4v) is 3.24. The number of piperidine rings is 1. The number of hydrogen-bond donors (Lipinski definition) is 1. The van der Waals surface area contributed by atoms with Gasteiger partial charge in [0.15, 0.2) is 5.96 Å². The molecule has 20 heavy (non-hydrogen) atoms. The second kappa shape index (κ2) is 6.79. The third-order valence-electron chi connectivity index (χ3n) is 4.78. The third kappa shape index (κ3) is 4.37. The first-order valence-electron chi connectivity index (χ1n) is 8.18. The van der Waals surface area contributed by atoms with E-state index in [2.05, 4.69) is 40.9 Å². The first-order chi connectivity index (χ1) is 9.50. The van der Waals surface area contributed by atoms with Gasteiger partial charge in [0.05, 0.1) is 0 Å². The fraction of sp³-hybridized carbons (Fsp3) is 0.938. The molecule has 0 aromatic heterocycles. The molecule has 0 atom stereocenters. The summed E-state index contributed by atoms with van der Waals surface area (Å²) in [6.07, 6.45) is 3.97. The number of nitrogens with one attached hydrogen (secondary N) is 1. The van der Waals surface area contributed by atoms with Crippen LogP contribution in [0.3, 0.4) is 0 Å². The van der Waals surface area contributed by atoms with Crippen LogP contribution < -0.4 is 5.32 Å². The van der Waals surface area contributed by atoms with Crippen molar-refractivity contribution in [1.29, 1.82) is 0 Å². The highest BCUT2D eigenvalue weighted by Crippen LogP contribution is 2.28. The number of guanidine groups is 1. The smallest absolute Gasteiger partial charge is 0.193 e. The molecule has 2 saturated heterocycles. The lowest BCUT2D eigenvalue weighted by Gasteiger charge is -2.31. The molecule has 2 aliphatic heterocycles. The lowest BCUT2D eigenvalue weighted by molar-refractivity contribution is 0.195. The summed E-state index contributed by atoms with van der Waals surface area (Å²) < 4.78 is 0. The van der Waals surface area contributed by atoms with Gasteiger partial charge in [0.2, 0.25) is 0 Å². The van der Waals surface area contributed by atoms with Crippen LogP contribution in [-0.4, -0.2) is 62.1 Å². The number of rotatable bonds is 3. The molecule has 0 aromatic rings. The largest absolute Gasteiger partial charge is 0.355 e. The Kier molecular flexibility index (Phi) is 5.30. The summed E-state index contributed by atoms with van der Waals surface area (Å²) in [5.74, 6) is 2.00. The summed E-state index contributed by atoms with van der Waals surface area (Å²) in [6.45, 7) is 14.0. The normalized spacial score (nSPS) is 25.2. The molecular weight excluding hydrogens is 248 g/mol. The second-order valence-corrected chi connectivity index (χ2v) is 7.33. The van der Waals surface area contributed by atoms with E-state index in [1.54, 1.807) is 0 Å². The molecule has 4 nitrogen and oxygen atoms in total. The predicted molar refractivity (Wildman–Crippen MR) is 86.2 cm³/mol. The van der Waals surface area contributed by atoms with E-state index in [1.165, 1.54) is 32.4 Å². The van der Waals surface area contributed by atoms with Crippen LogP contribution in [-0.2, 0) is 0 Å². The molecule has 116 valence electrons. The summed E-state index contributed by atoms with van der Waals surface area (Å²) in [5, 5.41) is 3.54. The Bertz CT molecular complexity index is 329. The Morgan fingerprint density at radius 3 is 2.50 bits per heavy atom. The summed E-state index contributed by atoms with van der Waals surface area (Å²) >= 11 is 0. The minimum Gasteiger partial charge on any atom is -0.355 e. The van der Waals surface area contributed by atoms with Crippen molar-refractivity contribution < 1.29 is 0 Å². The Balaban J connectivity index is 1.70. The number of aliphatic imine (C=N–C) groups is 1. The van der Waals surface area contributed by atoms with Gasteiger partial charge in [-0.3, -0.25) is 4.99 Å². The van der Waals surface area contributed by atoms with Gasteiger partial charge in [-0.25, -0.2) is 0 Å². The van der Waals surface area contributed by atoms with Crippen LogP contribution in [0.5, 0.6) is 0 Å².